The van der Waals surface area contributed by atoms with Gasteiger partial charge in [-0.25, -0.2) is 0 Å². The second-order valence-corrected chi connectivity index (χ2v) is 7.10. The molecule has 0 bridgehead atoms. The molecule has 5 heteroatoms. The molecular weight excluding hydrogens is 302 g/mol. The third-order valence-electron chi connectivity index (χ3n) is 5.32. The molecule has 1 aromatic rings. The fourth-order valence-corrected chi connectivity index (χ4v) is 3.72. The van der Waals surface area contributed by atoms with Gasteiger partial charge in [-0.1, -0.05) is 6.07 Å². The van der Waals surface area contributed by atoms with Gasteiger partial charge in [0.2, 0.25) is 5.91 Å². The maximum atomic E-state index is 12.7. The van der Waals surface area contributed by atoms with Crippen LogP contribution >= 0.6 is 0 Å². The Labute approximate surface area is 143 Å². The lowest BCUT2D eigenvalue weighted by molar-refractivity contribution is -0.131. The molecule has 0 aliphatic carbocycles. The molecule has 1 aromatic carbocycles. The number of carbonyl (C=O) groups excluding carboxylic acids is 2. The molecule has 130 valence electrons. The molecule has 2 saturated heterocycles. The Morgan fingerprint density at radius 3 is 2.42 bits per heavy atom. The van der Waals surface area contributed by atoms with Crippen LogP contribution in [0.3, 0.4) is 0 Å². The van der Waals surface area contributed by atoms with E-state index in [2.05, 4.69) is 0 Å². The Balaban J connectivity index is 1.53. The number of likely N-dealkylation sites (tertiary alicyclic amines) is 2. The van der Waals surface area contributed by atoms with Gasteiger partial charge in [0, 0.05) is 43.9 Å². The van der Waals surface area contributed by atoms with E-state index in [1.807, 2.05) is 28.9 Å². The second kappa shape index (κ2) is 7.24. The van der Waals surface area contributed by atoms with Crippen LogP contribution in [0.25, 0.3) is 0 Å². The molecule has 2 fully saturated rings. The molecule has 0 aromatic heterocycles. The normalized spacial score (nSPS) is 18.9. The monoisotopic (exact) mass is 329 g/mol. The summed E-state index contributed by atoms with van der Waals surface area (Å²) in [5, 5.41) is 0. The molecule has 3 rings (SSSR count). The number of rotatable bonds is 3. The minimum absolute atomic E-state index is 0.0594. The Kier molecular flexibility index (Phi) is 5.07. The third-order valence-corrected chi connectivity index (χ3v) is 5.32. The van der Waals surface area contributed by atoms with Gasteiger partial charge in [-0.15, -0.1) is 0 Å². The van der Waals surface area contributed by atoms with Crippen LogP contribution in [0.4, 0.5) is 5.69 Å². The summed E-state index contributed by atoms with van der Waals surface area (Å²) in [6.07, 6.45) is 4.73. The van der Waals surface area contributed by atoms with E-state index in [9.17, 15) is 9.59 Å². The number of piperidine rings is 1. The number of nitrogens with zero attached hydrogens (tertiary/aromatic N) is 2. The average Bonchev–Trinajstić information content (AvgIpc) is 3.12. The second-order valence-electron chi connectivity index (χ2n) is 7.10. The highest BCUT2D eigenvalue weighted by Crippen LogP contribution is 2.24. The van der Waals surface area contributed by atoms with Crippen LogP contribution in [-0.4, -0.2) is 47.8 Å². The number of hydrogen-bond donors (Lipinski definition) is 1. The number of benzene rings is 1. The summed E-state index contributed by atoms with van der Waals surface area (Å²) in [7, 11) is 0. The van der Waals surface area contributed by atoms with Crippen LogP contribution in [0.2, 0.25) is 0 Å². The number of nitrogens with two attached hydrogens (primary N) is 1. The van der Waals surface area contributed by atoms with Gasteiger partial charge in [0.15, 0.2) is 0 Å². The summed E-state index contributed by atoms with van der Waals surface area (Å²) in [5.41, 5.74) is 8.09. The number of aryl methyl sites for hydroxylation is 1. The zero-order valence-corrected chi connectivity index (χ0v) is 14.5. The molecule has 0 saturated carbocycles. The van der Waals surface area contributed by atoms with Crippen LogP contribution in [0.15, 0.2) is 18.2 Å². The highest BCUT2D eigenvalue weighted by Gasteiger charge is 2.27. The molecule has 5 nitrogen and oxygen atoms in total. The Morgan fingerprint density at radius 2 is 1.75 bits per heavy atom. The molecule has 2 heterocycles. The van der Waals surface area contributed by atoms with E-state index in [-0.39, 0.29) is 5.91 Å². The molecule has 2 N–H and O–H groups in total. The summed E-state index contributed by atoms with van der Waals surface area (Å²) in [6, 6.07) is 5.48. The van der Waals surface area contributed by atoms with E-state index in [1.165, 1.54) is 0 Å². The van der Waals surface area contributed by atoms with Crippen LogP contribution in [0, 0.1) is 12.8 Å². The number of anilines is 1. The molecule has 0 spiro atoms. The third kappa shape index (κ3) is 3.71. The Morgan fingerprint density at radius 1 is 1.08 bits per heavy atom. The Hall–Kier alpha value is -2.04. The van der Waals surface area contributed by atoms with Gasteiger partial charge in [0.05, 0.1) is 0 Å². The van der Waals surface area contributed by atoms with Gasteiger partial charge < -0.3 is 15.5 Å². The first kappa shape index (κ1) is 16.8. The lowest BCUT2D eigenvalue weighted by Crippen LogP contribution is -2.40. The van der Waals surface area contributed by atoms with Crippen molar-refractivity contribution in [1.29, 1.82) is 0 Å². The molecular formula is C19H27N3O2. The van der Waals surface area contributed by atoms with Crippen LogP contribution in [0.5, 0.6) is 0 Å². The maximum Gasteiger partial charge on any atom is 0.254 e. The van der Waals surface area contributed by atoms with Gasteiger partial charge in [-0.2, -0.15) is 0 Å². The van der Waals surface area contributed by atoms with Crippen LogP contribution < -0.4 is 5.73 Å². The lowest BCUT2D eigenvalue weighted by Gasteiger charge is -2.32. The first-order valence-electron chi connectivity index (χ1n) is 8.98. The standard InChI is InChI=1S/C19H27N3O2/c1-14-4-5-16(20)13-17(14)19(24)22-10-6-15(7-11-22)12-18(23)21-8-2-3-9-21/h4-5,13,15H,2-3,6-12,20H2,1H3. The van der Waals surface area contributed by atoms with E-state index >= 15 is 0 Å². The van der Waals surface area contributed by atoms with Crippen molar-refractivity contribution in [2.75, 3.05) is 31.9 Å². The predicted molar refractivity (Wildman–Crippen MR) is 94.6 cm³/mol. The van der Waals surface area contributed by atoms with E-state index in [4.69, 9.17) is 5.73 Å². The van der Waals surface area contributed by atoms with Gasteiger partial charge in [0.25, 0.3) is 5.91 Å². The van der Waals surface area contributed by atoms with E-state index in [0.717, 1.165) is 57.4 Å². The number of amides is 2. The highest BCUT2D eigenvalue weighted by molar-refractivity contribution is 5.96. The van der Waals surface area contributed by atoms with E-state index < -0.39 is 0 Å². The average molecular weight is 329 g/mol. The lowest BCUT2D eigenvalue weighted by atomic mass is 9.92. The zero-order valence-electron chi connectivity index (χ0n) is 14.5. The summed E-state index contributed by atoms with van der Waals surface area (Å²) in [6.45, 7) is 5.24. The molecule has 0 radical (unpaired) electrons. The maximum absolute atomic E-state index is 12.7. The largest absolute Gasteiger partial charge is 0.399 e. The van der Waals surface area contributed by atoms with Crippen molar-refractivity contribution in [3.63, 3.8) is 0 Å². The van der Waals surface area contributed by atoms with Gasteiger partial charge in [-0.05, 0) is 56.2 Å². The fraction of sp³-hybridized carbons (Fsp3) is 0.579. The summed E-state index contributed by atoms with van der Waals surface area (Å²) >= 11 is 0. The smallest absolute Gasteiger partial charge is 0.254 e. The van der Waals surface area contributed by atoms with Gasteiger partial charge >= 0.3 is 0 Å². The number of carbonyl (C=O) groups is 2. The van der Waals surface area contributed by atoms with Crippen molar-refractivity contribution >= 4 is 17.5 Å². The molecule has 2 aliphatic heterocycles. The van der Waals surface area contributed by atoms with Crippen molar-refractivity contribution in [2.45, 2.75) is 39.0 Å². The SMILES string of the molecule is Cc1ccc(N)cc1C(=O)N1CCC(CC(=O)N2CCCC2)CC1. The molecule has 24 heavy (non-hydrogen) atoms. The van der Waals surface area contributed by atoms with Crippen LogP contribution in [0.1, 0.15) is 48.0 Å². The van der Waals surface area contributed by atoms with Crippen molar-refractivity contribution in [1.82, 2.24) is 9.80 Å². The topological polar surface area (TPSA) is 66.6 Å². The van der Waals surface area contributed by atoms with Crippen molar-refractivity contribution in [3.8, 4) is 0 Å². The number of hydrogen-bond acceptors (Lipinski definition) is 3. The van der Waals surface area contributed by atoms with Crippen LogP contribution in [-0.2, 0) is 4.79 Å². The molecule has 0 atom stereocenters. The Bertz CT molecular complexity index is 615. The quantitative estimate of drug-likeness (QED) is 0.866. The zero-order chi connectivity index (χ0) is 17.1. The first-order chi connectivity index (χ1) is 11.5. The molecule has 2 amide bonds. The number of nitrogen functional groups attached to an aromatic ring is 1. The predicted octanol–water partition coefficient (Wildman–Crippen LogP) is 2.44. The van der Waals surface area contributed by atoms with Crippen molar-refractivity contribution in [3.05, 3.63) is 29.3 Å². The summed E-state index contributed by atoms with van der Waals surface area (Å²) in [4.78, 5) is 28.9. The highest BCUT2D eigenvalue weighted by atomic mass is 16.2. The van der Waals surface area contributed by atoms with E-state index in [0.29, 0.717) is 29.5 Å². The summed E-state index contributed by atoms with van der Waals surface area (Å²) in [5.74, 6) is 0.761. The molecule has 2 aliphatic rings. The first-order valence-corrected chi connectivity index (χ1v) is 8.98. The van der Waals surface area contributed by atoms with Gasteiger partial charge in [-0.3, -0.25) is 9.59 Å². The van der Waals surface area contributed by atoms with E-state index in [1.54, 1.807) is 6.07 Å². The van der Waals surface area contributed by atoms with Crippen molar-refractivity contribution in [2.24, 2.45) is 5.92 Å². The minimum Gasteiger partial charge on any atom is -0.399 e. The van der Waals surface area contributed by atoms with Crippen molar-refractivity contribution < 1.29 is 9.59 Å². The van der Waals surface area contributed by atoms with Gasteiger partial charge in [0.1, 0.15) is 0 Å². The molecule has 0 unspecified atom stereocenters. The fourth-order valence-electron chi connectivity index (χ4n) is 3.72. The summed E-state index contributed by atoms with van der Waals surface area (Å²) < 4.78 is 0. The minimum atomic E-state index is 0.0594.